The van der Waals surface area contributed by atoms with Gasteiger partial charge in [0.2, 0.25) is 0 Å². The van der Waals surface area contributed by atoms with Crippen LogP contribution in [0.2, 0.25) is 0 Å². The van der Waals surface area contributed by atoms with Crippen molar-refractivity contribution in [3.63, 3.8) is 0 Å². The van der Waals surface area contributed by atoms with E-state index in [1.54, 1.807) is 0 Å². The smallest absolute Gasteiger partial charge is 0 e. The van der Waals surface area contributed by atoms with Crippen molar-refractivity contribution < 1.29 is 37.5 Å². The van der Waals surface area contributed by atoms with Gasteiger partial charge in [-0.2, -0.15) is 0 Å². The molecule has 0 aromatic rings. The Balaban J connectivity index is -0.00000000356. The predicted octanol–water partition coefficient (Wildman–Crippen LogP) is 14.0. The van der Waals surface area contributed by atoms with Gasteiger partial charge in [0.05, 0.1) is 0 Å². The van der Waals surface area contributed by atoms with Gasteiger partial charge in [-0.05, 0) is 8.86 Å². The Labute approximate surface area is 280 Å². The second kappa shape index (κ2) is 303. The Morgan fingerprint density at radius 3 is 0.481 bits per heavy atom. The molecule has 0 bridgehead atoms. The minimum Gasteiger partial charge on any atom is 0 e. The third kappa shape index (κ3) is 776. The van der Waals surface area contributed by atoms with Crippen molar-refractivity contribution in [2.24, 2.45) is 0 Å². The molecule has 27 heavy (non-hydrogen) atoms. The van der Waals surface area contributed by atoms with E-state index in [1.807, 2.05) is 41.5 Å². The molecule has 0 unspecified atom stereocenters. The summed E-state index contributed by atoms with van der Waals surface area (Å²) in [6.07, 6.45) is 0. The first kappa shape index (κ1) is 117. The molecule has 1 radical (unpaired) electrons. The summed E-state index contributed by atoms with van der Waals surface area (Å²) < 4.78 is 2.44. The van der Waals surface area contributed by atoms with Crippen molar-refractivity contribution in [3.8, 4) is 0 Å². The van der Waals surface area contributed by atoms with E-state index in [1.165, 1.54) is 8.86 Å². The summed E-state index contributed by atoms with van der Waals surface area (Å²) in [5.41, 5.74) is 0. The molecule has 0 saturated heterocycles. The van der Waals surface area contributed by atoms with E-state index in [4.69, 9.17) is 0 Å². The molecule has 0 atom stereocenters. The molecular formula is C18H57I6V3-3. The molecule has 0 spiro atoms. The minimum absolute atomic E-state index is 0. The number of hydrogen-bond acceptors (Lipinski definition) is 0. The summed E-state index contributed by atoms with van der Waals surface area (Å²) in [6.45, 7) is 16.2. The third-order valence-corrected chi connectivity index (χ3v) is 0. The summed E-state index contributed by atoms with van der Waals surface area (Å²) in [6, 6.07) is 0. The maximum atomic E-state index is 2.37. The Morgan fingerprint density at radius 1 is 0.481 bits per heavy atom. The summed E-state index contributed by atoms with van der Waals surface area (Å²) in [5.74, 6) is 0. The number of alkyl halides is 2. The number of halogens is 6. The Bertz CT molecular complexity index is 41.1. The van der Waals surface area contributed by atoms with Gasteiger partial charge in [-0.25, -0.2) is 0 Å². The van der Waals surface area contributed by atoms with Gasteiger partial charge in [0.1, 0.15) is 0 Å². The minimum atomic E-state index is 0. The van der Waals surface area contributed by atoms with E-state index in [0.29, 0.717) is 18.9 Å². The molecule has 0 aliphatic rings. The van der Waals surface area contributed by atoms with Crippen molar-refractivity contribution in [3.05, 3.63) is 22.3 Å². The van der Waals surface area contributed by atoms with Crippen LogP contribution in [0.1, 0.15) is 92.5 Å². The van der Waals surface area contributed by atoms with E-state index in [-0.39, 0.29) is 78.0 Å². The Kier molecular flexibility index (Phi) is 1310. The van der Waals surface area contributed by atoms with Crippen LogP contribution in [-0.2, 0) is 37.5 Å². The molecule has 0 rings (SSSR count). The van der Waals surface area contributed by atoms with Gasteiger partial charge in [-0.15, -0.1) is 0 Å². The molecule has 0 aliphatic carbocycles. The van der Waals surface area contributed by atoms with Crippen molar-refractivity contribution in [2.45, 2.75) is 92.5 Å². The molecule has 0 aromatic carbocycles. The Hall–Kier alpha value is 6.13. The van der Waals surface area contributed by atoms with Crippen LogP contribution in [0.5, 0.6) is 0 Å². The number of rotatable bonds is 0. The predicted molar refractivity (Wildman–Crippen MR) is 192 cm³/mol. The fourth-order valence-electron chi connectivity index (χ4n) is 0. The summed E-state index contributed by atoms with van der Waals surface area (Å²) in [7, 11) is 1.25. The molecule has 0 aromatic heterocycles. The summed E-state index contributed by atoms with van der Waals surface area (Å²) in [4.78, 5) is 0. The van der Waals surface area contributed by atoms with Gasteiger partial charge >= 0.3 is 98.8 Å². The van der Waals surface area contributed by atoms with Gasteiger partial charge < -0.3 is 22.3 Å². The van der Waals surface area contributed by atoms with Crippen LogP contribution >= 0.6 is 125 Å². The number of hydrogen-bond donors (Lipinski definition) is 0. The van der Waals surface area contributed by atoms with Crippen molar-refractivity contribution >= 4 is 125 Å². The monoisotopic (exact) mass is 1190 g/mol. The molecule has 0 heterocycles. The van der Waals surface area contributed by atoms with Crippen LogP contribution < -0.4 is 0 Å². The van der Waals surface area contributed by atoms with Gasteiger partial charge in [-0.1, -0.05) is 138 Å². The van der Waals surface area contributed by atoms with Crippen LogP contribution in [0.15, 0.2) is 0 Å². The van der Waals surface area contributed by atoms with E-state index in [9.17, 15) is 0 Å². The van der Waals surface area contributed by atoms with Crippen LogP contribution in [0.25, 0.3) is 0 Å². The molecule has 0 aliphatic heterocycles. The topological polar surface area (TPSA) is 0 Å². The average Bonchev–Trinajstić information content (AvgIpc) is 2.40. The van der Waals surface area contributed by atoms with E-state index in [0.717, 1.165) is 0 Å². The van der Waals surface area contributed by atoms with Gasteiger partial charge in [0, 0.05) is 18.6 Å². The first-order valence-electron chi connectivity index (χ1n) is 5.62. The molecule has 0 N–H and O–H groups in total. The molecule has 189 valence electrons. The first-order valence-corrected chi connectivity index (χ1v) is 26.7. The average molecular weight is 1190 g/mol. The quantitative estimate of drug-likeness (QED) is 0.129. The SMILES string of the molecule is C.C.C.C.C.CC.CC.CC.CCI.CCI.[CH3-].[CH3-].[CH3-].[I][V][I].[I][V][I].[V]. The summed E-state index contributed by atoms with van der Waals surface area (Å²) >= 11 is 14.1. The molecule has 0 fully saturated rings. The molecule has 0 nitrogen and oxygen atoms in total. The van der Waals surface area contributed by atoms with Gasteiger partial charge in [0.15, 0.2) is 0 Å². The Morgan fingerprint density at radius 2 is 0.481 bits per heavy atom. The van der Waals surface area contributed by atoms with Crippen molar-refractivity contribution in [1.29, 1.82) is 0 Å². The molecule has 9 heteroatoms. The standard InChI is InChI=1S/2C2H5I.3C2H6.5CH4.3CH3.4HI.3V/c2*1-2-3;3*1-2;;;;;;;;;;;;;;;/h2*2H2,1H3;3*1-2H3;5*1H4;3*1H3;4*1H;;;/q;;;;;;;;;;3*-1;;;;;;2*+2/p-4. The normalized spacial score (nSPS) is 3.04. The molecular weight excluding hydrogens is 1130 g/mol. The van der Waals surface area contributed by atoms with Crippen molar-refractivity contribution in [2.75, 3.05) is 8.86 Å². The second-order valence-corrected chi connectivity index (χ2v) is 27.3. The van der Waals surface area contributed by atoms with Crippen LogP contribution in [0.4, 0.5) is 0 Å². The van der Waals surface area contributed by atoms with E-state index < -0.39 is 0 Å². The van der Waals surface area contributed by atoms with E-state index in [2.05, 4.69) is 139 Å². The largest absolute Gasteiger partial charge is 0 e. The maximum Gasteiger partial charge on any atom is 0 e. The maximum absolute atomic E-state index is 2.37. The van der Waals surface area contributed by atoms with E-state index >= 15 is 0 Å². The van der Waals surface area contributed by atoms with Crippen molar-refractivity contribution in [1.82, 2.24) is 0 Å². The summed E-state index contributed by atoms with van der Waals surface area (Å²) in [5, 5.41) is 0. The van der Waals surface area contributed by atoms with Crippen LogP contribution in [-0.4, -0.2) is 8.86 Å². The first-order chi connectivity index (χ1) is 8.66. The van der Waals surface area contributed by atoms with Gasteiger partial charge in [0.25, 0.3) is 0 Å². The zero-order chi connectivity index (χ0) is 16.8. The fraction of sp³-hybridized carbons (Fsp3) is 0.833. The van der Waals surface area contributed by atoms with Gasteiger partial charge in [-0.3, -0.25) is 0 Å². The molecule has 0 saturated carbocycles. The third-order valence-electron chi connectivity index (χ3n) is 0. The molecule has 0 amide bonds. The van der Waals surface area contributed by atoms with Crippen LogP contribution in [0, 0.1) is 22.3 Å². The zero-order valence-electron chi connectivity index (χ0n) is 16.0. The second-order valence-electron chi connectivity index (χ2n) is 0.662. The fourth-order valence-corrected chi connectivity index (χ4v) is 0. The zero-order valence-corrected chi connectivity index (χ0v) is 33.2. The van der Waals surface area contributed by atoms with Crippen LogP contribution in [0.3, 0.4) is 0 Å².